The van der Waals surface area contributed by atoms with Crippen molar-refractivity contribution >= 4 is 23.3 Å². The number of carbonyl (C=O) groups excluding carboxylic acids is 1. The molecule has 2 fully saturated rings. The zero-order chi connectivity index (χ0) is 12.7. The highest BCUT2D eigenvalue weighted by Crippen LogP contribution is 2.46. The van der Waals surface area contributed by atoms with Crippen molar-refractivity contribution in [3.63, 3.8) is 0 Å². The monoisotopic (exact) mass is 265 g/mol. The fourth-order valence-electron chi connectivity index (χ4n) is 3.25. The van der Waals surface area contributed by atoms with Crippen molar-refractivity contribution in [2.75, 3.05) is 5.73 Å². The molecule has 3 rings (SSSR count). The Hall–Kier alpha value is -1.22. The average Bonchev–Trinajstić information content (AvgIpc) is 2.90. The van der Waals surface area contributed by atoms with Gasteiger partial charge in [0, 0.05) is 10.7 Å². The quantitative estimate of drug-likeness (QED) is 0.660. The maximum absolute atomic E-state index is 12.1. The fourth-order valence-corrected chi connectivity index (χ4v) is 3.43. The Morgan fingerprint density at radius 1 is 1.33 bits per heavy atom. The number of esters is 1. The van der Waals surface area contributed by atoms with Crippen LogP contribution in [0.1, 0.15) is 36.0 Å². The maximum atomic E-state index is 12.1. The van der Waals surface area contributed by atoms with E-state index in [1.54, 1.807) is 18.2 Å². The third kappa shape index (κ3) is 2.07. The van der Waals surface area contributed by atoms with Crippen molar-refractivity contribution in [2.45, 2.75) is 31.8 Å². The molecule has 0 amide bonds. The zero-order valence-electron chi connectivity index (χ0n) is 10.1. The molecule has 2 bridgehead atoms. The third-order valence-electron chi connectivity index (χ3n) is 4.17. The van der Waals surface area contributed by atoms with Crippen LogP contribution in [-0.4, -0.2) is 12.1 Å². The molecule has 18 heavy (non-hydrogen) atoms. The molecule has 1 aromatic rings. The average molecular weight is 266 g/mol. The first-order chi connectivity index (χ1) is 8.63. The van der Waals surface area contributed by atoms with Crippen LogP contribution in [0.25, 0.3) is 0 Å². The van der Waals surface area contributed by atoms with Crippen LogP contribution in [0.3, 0.4) is 0 Å². The topological polar surface area (TPSA) is 52.3 Å². The Morgan fingerprint density at radius 3 is 2.78 bits per heavy atom. The summed E-state index contributed by atoms with van der Waals surface area (Å²) in [4.78, 5) is 12.1. The summed E-state index contributed by atoms with van der Waals surface area (Å²) in [6.07, 6.45) is 4.81. The van der Waals surface area contributed by atoms with Gasteiger partial charge in [-0.3, -0.25) is 0 Å². The van der Waals surface area contributed by atoms with Gasteiger partial charge in [0.15, 0.2) is 0 Å². The zero-order valence-corrected chi connectivity index (χ0v) is 10.8. The number of nitrogen functional groups attached to an aromatic ring is 1. The van der Waals surface area contributed by atoms with Crippen LogP contribution in [0.4, 0.5) is 5.69 Å². The predicted octanol–water partition coefficient (Wildman–Crippen LogP) is 3.27. The molecule has 1 aromatic carbocycles. The maximum Gasteiger partial charge on any atom is 0.340 e. The van der Waals surface area contributed by atoms with Crippen molar-refractivity contribution in [1.82, 2.24) is 0 Å². The summed E-state index contributed by atoms with van der Waals surface area (Å²) in [6.45, 7) is 0. The molecular formula is C14H16ClNO2. The number of carbonyl (C=O) groups is 1. The minimum absolute atomic E-state index is 0.0892. The standard InChI is InChI=1S/C14H16ClNO2/c15-10-3-4-11(12(16)7-10)14(17)18-13-6-8-1-2-9(13)5-8/h3-4,7-9,13H,1-2,5-6,16H2. The van der Waals surface area contributed by atoms with Crippen LogP contribution in [0, 0.1) is 11.8 Å². The second-order valence-electron chi connectivity index (χ2n) is 5.35. The Bertz CT molecular complexity index is 489. The van der Waals surface area contributed by atoms with Crippen molar-refractivity contribution in [3.05, 3.63) is 28.8 Å². The van der Waals surface area contributed by atoms with E-state index >= 15 is 0 Å². The normalized spacial score (nSPS) is 29.5. The van der Waals surface area contributed by atoms with E-state index in [2.05, 4.69) is 0 Å². The summed E-state index contributed by atoms with van der Waals surface area (Å²) in [5.41, 5.74) is 6.59. The molecule has 4 heteroatoms. The highest BCUT2D eigenvalue weighted by molar-refractivity contribution is 6.31. The minimum atomic E-state index is -0.318. The molecule has 0 aromatic heterocycles. The predicted molar refractivity (Wildman–Crippen MR) is 70.5 cm³/mol. The number of benzene rings is 1. The van der Waals surface area contributed by atoms with Gasteiger partial charge in [-0.05, 0) is 55.7 Å². The van der Waals surface area contributed by atoms with Gasteiger partial charge in [0.2, 0.25) is 0 Å². The molecule has 2 N–H and O–H groups in total. The summed E-state index contributed by atoms with van der Waals surface area (Å²) in [6, 6.07) is 4.88. The van der Waals surface area contributed by atoms with Gasteiger partial charge < -0.3 is 10.5 Å². The van der Waals surface area contributed by atoms with Gasteiger partial charge >= 0.3 is 5.97 Å². The molecular weight excluding hydrogens is 250 g/mol. The van der Waals surface area contributed by atoms with E-state index in [-0.39, 0.29) is 12.1 Å². The largest absolute Gasteiger partial charge is 0.458 e. The van der Waals surface area contributed by atoms with E-state index in [0.29, 0.717) is 22.2 Å². The molecule has 3 nitrogen and oxygen atoms in total. The van der Waals surface area contributed by atoms with Crippen molar-refractivity contribution in [2.24, 2.45) is 11.8 Å². The van der Waals surface area contributed by atoms with Gasteiger partial charge in [0.1, 0.15) is 6.10 Å². The van der Waals surface area contributed by atoms with E-state index < -0.39 is 0 Å². The fraction of sp³-hybridized carbons (Fsp3) is 0.500. The number of anilines is 1. The Labute approximate surface area is 111 Å². The van der Waals surface area contributed by atoms with Crippen LogP contribution in [0.2, 0.25) is 5.02 Å². The lowest BCUT2D eigenvalue weighted by molar-refractivity contribution is 0.0160. The van der Waals surface area contributed by atoms with Crippen molar-refractivity contribution < 1.29 is 9.53 Å². The van der Waals surface area contributed by atoms with Crippen molar-refractivity contribution in [1.29, 1.82) is 0 Å². The molecule has 2 saturated carbocycles. The van der Waals surface area contributed by atoms with Gasteiger partial charge in [-0.25, -0.2) is 4.79 Å². The number of halogens is 1. The Morgan fingerprint density at radius 2 is 2.17 bits per heavy atom. The third-order valence-corrected chi connectivity index (χ3v) is 4.40. The lowest BCUT2D eigenvalue weighted by atomic mass is 9.97. The number of rotatable bonds is 2. The highest BCUT2D eigenvalue weighted by Gasteiger charge is 2.41. The number of nitrogens with two attached hydrogens (primary N) is 1. The smallest absolute Gasteiger partial charge is 0.340 e. The van der Waals surface area contributed by atoms with Crippen LogP contribution in [0.15, 0.2) is 18.2 Å². The van der Waals surface area contributed by atoms with E-state index in [1.807, 2.05) is 0 Å². The van der Waals surface area contributed by atoms with Gasteiger partial charge in [-0.1, -0.05) is 11.6 Å². The molecule has 2 aliphatic rings. The number of fused-ring (bicyclic) bond motifs is 2. The summed E-state index contributed by atoms with van der Waals surface area (Å²) in [5, 5.41) is 0.531. The first-order valence-electron chi connectivity index (χ1n) is 6.39. The summed E-state index contributed by atoms with van der Waals surface area (Å²) in [7, 11) is 0. The van der Waals surface area contributed by atoms with Gasteiger partial charge in [-0.2, -0.15) is 0 Å². The molecule has 0 radical (unpaired) electrons. The molecule has 2 aliphatic carbocycles. The highest BCUT2D eigenvalue weighted by atomic mass is 35.5. The summed E-state index contributed by atoms with van der Waals surface area (Å²) in [5.74, 6) is 1.00. The van der Waals surface area contributed by atoms with Gasteiger partial charge in [0.25, 0.3) is 0 Å². The number of hydrogen-bond donors (Lipinski definition) is 1. The summed E-state index contributed by atoms with van der Waals surface area (Å²) >= 11 is 5.81. The first-order valence-corrected chi connectivity index (χ1v) is 6.77. The lowest BCUT2D eigenvalue weighted by Crippen LogP contribution is -2.24. The number of hydrogen-bond acceptors (Lipinski definition) is 3. The molecule has 3 unspecified atom stereocenters. The molecule has 0 aliphatic heterocycles. The molecule has 0 saturated heterocycles. The first kappa shape index (κ1) is 11.8. The molecule has 0 heterocycles. The minimum Gasteiger partial charge on any atom is -0.458 e. The van der Waals surface area contributed by atoms with E-state index in [0.717, 1.165) is 12.3 Å². The van der Waals surface area contributed by atoms with Crippen LogP contribution < -0.4 is 5.73 Å². The molecule has 0 spiro atoms. The van der Waals surface area contributed by atoms with Crippen LogP contribution >= 0.6 is 11.6 Å². The molecule has 3 atom stereocenters. The van der Waals surface area contributed by atoms with Crippen LogP contribution in [0.5, 0.6) is 0 Å². The molecule has 96 valence electrons. The van der Waals surface area contributed by atoms with E-state index in [9.17, 15) is 4.79 Å². The Kier molecular flexibility index (Phi) is 2.94. The van der Waals surface area contributed by atoms with E-state index in [1.165, 1.54) is 19.3 Å². The Balaban J connectivity index is 1.71. The van der Waals surface area contributed by atoms with Gasteiger partial charge in [0.05, 0.1) is 5.56 Å². The second-order valence-corrected chi connectivity index (χ2v) is 5.79. The van der Waals surface area contributed by atoms with Crippen molar-refractivity contribution in [3.8, 4) is 0 Å². The summed E-state index contributed by atoms with van der Waals surface area (Å²) < 4.78 is 5.59. The SMILES string of the molecule is Nc1cc(Cl)ccc1C(=O)OC1CC2CCC1C2. The van der Waals surface area contributed by atoms with Gasteiger partial charge in [-0.15, -0.1) is 0 Å². The number of ether oxygens (including phenoxy) is 1. The second kappa shape index (κ2) is 4.47. The lowest BCUT2D eigenvalue weighted by Gasteiger charge is -2.22. The van der Waals surface area contributed by atoms with E-state index in [4.69, 9.17) is 22.1 Å². The van der Waals surface area contributed by atoms with Crippen LogP contribution in [-0.2, 0) is 4.74 Å².